The van der Waals surface area contributed by atoms with Gasteiger partial charge in [-0.2, -0.15) is 0 Å². The molecule has 0 bridgehead atoms. The quantitative estimate of drug-likeness (QED) is 0.299. The molecule has 0 atom stereocenters. The summed E-state index contributed by atoms with van der Waals surface area (Å²) in [6.07, 6.45) is 0.945. The Bertz CT molecular complexity index is 1130. The Labute approximate surface area is 187 Å². The van der Waals surface area contributed by atoms with E-state index >= 15 is 0 Å². The van der Waals surface area contributed by atoms with Crippen molar-refractivity contribution in [1.29, 1.82) is 0 Å². The average molecular weight is 436 g/mol. The summed E-state index contributed by atoms with van der Waals surface area (Å²) in [5, 5.41) is 7.48. The van der Waals surface area contributed by atoms with Crippen molar-refractivity contribution in [2.75, 3.05) is 6.54 Å². The highest BCUT2D eigenvalue weighted by molar-refractivity contribution is 6.30. The number of halogens is 2. The predicted molar refractivity (Wildman–Crippen MR) is 127 cm³/mol. The van der Waals surface area contributed by atoms with E-state index in [-0.39, 0.29) is 0 Å². The van der Waals surface area contributed by atoms with E-state index in [1.165, 1.54) is 21.9 Å². The van der Waals surface area contributed by atoms with Crippen molar-refractivity contribution in [2.24, 2.45) is 0 Å². The molecular formula is C26H23Cl2NO. The molecule has 0 aromatic heterocycles. The Morgan fingerprint density at radius 1 is 0.733 bits per heavy atom. The van der Waals surface area contributed by atoms with Crippen LogP contribution in [0, 0.1) is 0 Å². The lowest BCUT2D eigenvalue weighted by Crippen LogP contribution is -2.17. The van der Waals surface area contributed by atoms with Crippen molar-refractivity contribution in [1.82, 2.24) is 5.32 Å². The van der Waals surface area contributed by atoms with E-state index in [9.17, 15) is 0 Å². The van der Waals surface area contributed by atoms with Gasteiger partial charge in [-0.15, -0.1) is 0 Å². The summed E-state index contributed by atoms with van der Waals surface area (Å²) >= 11 is 12.1. The van der Waals surface area contributed by atoms with E-state index in [1.807, 2.05) is 36.4 Å². The third kappa shape index (κ3) is 5.34. The Morgan fingerprint density at radius 3 is 2.40 bits per heavy atom. The summed E-state index contributed by atoms with van der Waals surface area (Å²) in [6, 6.07) is 28.4. The third-order valence-electron chi connectivity index (χ3n) is 5.09. The predicted octanol–water partition coefficient (Wildman–Crippen LogP) is 7.06. The maximum Gasteiger partial charge on any atom is 0.124 e. The molecule has 0 spiro atoms. The number of ether oxygens (including phenoxy) is 1. The molecule has 4 heteroatoms. The molecule has 30 heavy (non-hydrogen) atoms. The molecule has 0 amide bonds. The largest absolute Gasteiger partial charge is 0.489 e. The van der Waals surface area contributed by atoms with Crippen molar-refractivity contribution in [3.63, 3.8) is 0 Å². The van der Waals surface area contributed by atoms with E-state index in [1.54, 1.807) is 0 Å². The molecule has 4 aromatic carbocycles. The molecule has 0 aliphatic rings. The number of fused-ring (bicyclic) bond motifs is 1. The van der Waals surface area contributed by atoms with E-state index in [4.69, 9.17) is 27.9 Å². The fraction of sp³-hybridized carbons (Fsp3) is 0.154. The van der Waals surface area contributed by atoms with Crippen LogP contribution in [0.2, 0.25) is 10.0 Å². The molecule has 1 N–H and O–H groups in total. The molecule has 2 nitrogen and oxygen atoms in total. The van der Waals surface area contributed by atoms with Crippen molar-refractivity contribution in [3.8, 4) is 5.75 Å². The number of hydrogen-bond acceptors (Lipinski definition) is 2. The second-order valence-electron chi connectivity index (χ2n) is 7.24. The van der Waals surface area contributed by atoms with E-state index < -0.39 is 0 Å². The monoisotopic (exact) mass is 435 g/mol. The minimum Gasteiger partial charge on any atom is -0.489 e. The summed E-state index contributed by atoms with van der Waals surface area (Å²) in [6.45, 7) is 2.09. The Balaban J connectivity index is 1.47. The number of nitrogens with one attached hydrogen (secondary N) is 1. The molecule has 0 fully saturated rings. The first-order valence-corrected chi connectivity index (χ1v) is 10.8. The molecular weight excluding hydrogens is 413 g/mol. The van der Waals surface area contributed by atoms with E-state index in [2.05, 4.69) is 53.8 Å². The minimum absolute atomic E-state index is 0.483. The molecule has 0 heterocycles. The number of rotatable bonds is 8. The standard InChI is InChI=1S/C26H23Cl2NO/c27-22-11-8-19(9-12-22)14-15-29-17-25-24-7-2-1-5-21(24)10-13-26(25)30-18-20-4-3-6-23(28)16-20/h1-13,16,29H,14-15,17-18H2. The summed E-state index contributed by atoms with van der Waals surface area (Å²) in [4.78, 5) is 0. The van der Waals surface area contributed by atoms with Gasteiger partial charge in [0.25, 0.3) is 0 Å². The Morgan fingerprint density at radius 2 is 1.57 bits per heavy atom. The second kappa shape index (κ2) is 9.99. The zero-order chi connectivity index (χ0) is 20.8. The summed E-state index contributed by atoms with van der Waals surface area (Å²) in [7, 11) is 0. The van der Waals surface area contributed by atoms with Gasteiger partial charge in [0.1, 0.15) is 12.4 Å². The van der Waals surface area contributed by atoms with Crippen LogP contribution in [0.3, 0.4) is 0 Å². The molecule has 0 radical (unpaired) electrons. The highest BCUT2D eigenvalue weighted by atomic mass is 35.5. The zero-order valence-electron chi connectivity index (χ0n) is 16.6. The molecule has 4 rings (SSSR count). The van der Waals surface area contributed by atoms with E-state index in [0.717, 1.165) is 40.9 Å². The first kappa shape index (κ1) is 20.7. The van der Waals surface area contributed by atoms with Gasteiger partial charge in [-0.05, 0) is 65.2 Å². The lowest BCUT2D eigenvalue weighted by molar-refractivity contribution is 0.303. The lowest BCUT2D eigenvalue weighted by atomic mass is 10.0. The molecule has 4 aromatic rings. The van der Waals surface area contributed by atoms with Gasteiger partial charge < -0.3 is 10.1 Å². The second-order valence-corrected chi connectivity index (χ2v) is 8.11. The summed E-state index contributed by atoms with van der Waals surface area (Å²) < 4.78 is 6.20. The molecule has 152 valence electrons. The summed E-state index contributed by atoms with van der Waals surface area (Å²) in [5.74, 6) is 0.896. The highest BCUT2D eigenvalue weighted by Crippen LogP contribution is 2.29. The zero-order valence-corrected chi connectivity index (χ0v) is 18.1. The maximum atomic E-state index is 6.20. The fourth-order valence-corrected chi connectivity index (χ4v) is 3.86. The fourth-order valence-electron chi connectivity index (χ4n) is 3.52. The van der Waals surface area contributed by atoms with Crippen LogP contribution in [0.5, 0.6) is 5.75 Å². The molecule has 0 saturated carbocycles. The van der Waals surface area contributed by atoms with Gasteiger partial charge in [-0.25, -0.2) is 0 Å². The van der Waals surface area contributed by atoms with Gasteiger partial charge >= 0.3 is 0 Å². The first-order valence-electron chi connectivity index (χ1n) is 10.0. The third-order valence-corrected chi connectivity index (χ3v) is 5.57. The minimum atomic E-state index is 0.483. The van der Waals surface area contributed by atoms with E-state index in [0.29, 0.717) is 6.61 Å². The smallest absolute Gasteiger partial charge is 0.124 e. The van der Waals surface area contributed by atoms with Crippen LogP contribution >= 0.6 is 23.2 Å². The van der Waals surface area contributed by atoms with Gasteiger partial charge in [0.05, 0.1) is 0 Å². The highest BCUT2D eigenvalue weighted by Gasteiger charge is 2.09. The van der Waals surface area contributed by atoms with Crippen molar-refractivity contribution in [3.05, 3.63) is 112 Å². The van der Waals surface area contributed by atoms with Crippen molar-refractivity contribution in [2.45, 2.75) is 19.6 Å². The van der Waals surface area contributed by atoms with Crippen molar-refractivity contribution >= 4 is 34.0 Å². The van der Waals surface area contributed by atoms with Gasteiger partial charge in [-0.1, -0.05) is 77.8 Å². The maximum absolute atomic E-state index is 6.20. The van der Waals surface area contributed by atoms with Gasteiger partial charge in [-0.3, -0.25) is 0 Å². The van der Waals surface area contributed by atoms with Crippen LogP contribution in [0.1, 0.15) is 16.7 Å². The molecule has 0 unspecified atom stereocenters. The van der Waals surface area contributed by atoms with Crippen LogP contribution < -0.4 is 10.1 Å². The normalized spacial score (nSPS) is 11.0. The topological polar surface area (TPSA) is 21.3 Å². The number of benzene rings is 4. The summed E-state index contributed by atoms with van der Waals surface area (Å²) in [5.41, 5.74) is 3.49. The SMILES string of the molecule is Clc1ccc(CCNCc2c(OCc3cccc(Cl)c3)ccc3ccccc23)cc1. The first-order chi connectivity index (χ1) is 14.7. The Hall–Kier alpha value is -2.52. The van der Waals surface area contributed by atoms with Gasteiger partial charge in [0.2, 0.25) is 0 Å². The molecule has 0 aliphatic heterocycles. The van der Waals surface area contributed by atoms with Crippen molar-refractivity contribution < 1.29 is 4.74 Å². The Kier molecular flexibility index (Phi) is 6.91. The van der Waals surface area contributed by atoms with Gasteiger partial charge in [0.15, 0.2) is 0 Å². The number of hydrogen-bond donors (Lipinski definition) is 1. The molecule has 0 saturated heterocycles. The van der Waals surface area contributed by atoms with Crippen LogP contribution in [-0.2, 0) is 19.6 Å². The molecule has 0 aliphatic carbocycles. The van der Waals surface area contributed by atoms with Gasteiger partial charge in [0, 0.05) is 22.2 Å². The van der Waals surface area contributed by atoms with Crippen LogP contribution in [0.15, 0.2) is 84.9 Å². The van der Waals surface area contributed by atoms with Crippen LogP contribution in [-0.4, -0.2) is 6.54 Å². The van der Waals surface area contributed by atoms with Crippen LogP contribution in [0.4, 0.5) is 0 Å². The lowest BCUT2D eigenvalue weighted by Gasteiger charge is -2.15. The average Bonchev–Trinajstić information content (AvgIpc) is 2.77. The van der Waals surface area contributed by atoms with Crippen LogP contribution in [0.25, 0.3) is 10.8 Å².